The van der Waals surface area contributed by atoms with Gasteiger partial charge in [-0.25, -0.2) is 9.18 Å². The van der Waals surface area contributed by atoms with Gasteiger partial charge in [-0.3, -0.25) is 4.79 Å². The van der Waals surface area contributed by atoms with Crippen molar-refractivity contribution >= 4 is 23.7 Å². The SMILES string of the molecule is CN[C@@H](CC(C)(C)F)C(=O)O[C@@H](Cc1ccc(SC(F)(F)F)cc1)C(=O)OCc1ccccc1. The van der Waals surface area contributed by atoms with Crippen LogP contribution in [0.15, 0.2) is 59.5 Å². The number of nitrogens with one attached hydrogen (secondary N) is 1. The average Bonchev–Trinajstić information content (AvgIpc) is 2.75. The van der Waals surface area contributed by atoms with Gasteiger partial charge < -0.3 is 14.8 Å². The number of thioether (sulfide) groups is 1. The van der Waals surface area contributed by atoms with Crippen molar-refractivity contribution < 1.29 is 36.6 Å². The van der Waals surface area contributed by atoms with Crippen LogP contribution in [0.1, 0.15) is 31.4 Å². The molecule has 0 fully saturated rings. The average molecular weight is 502 g/mol. The number of ether oxygens (including phenoxy) is 2. The van der Waals surface area contributed by atoms with Crippen LogP contribution in [0.5, 0.6) is 0 Å². The lowest BCUT2D eigenvalue weighted by Gasteiger charge is -2.24. The Morgan fingerprint density at radius 1 is 0.941 bits per heavy atom. The highest BCUT2D eigenvalue weighted by atomic mass is 32.2. The highest BCUT2D eigenvalue weighted by Gasteiger charge is 2.33. The third-order valence-electron chi connectivity index (χ3n) is 4.65. The number of halogens is 4. The van der Waals surface area contributed by atoms with E-state index in [-0.39, 0.29) is 36.1 Å². The Bertz CT molecular complexity index is 931. The van der Waals surface area contributed by atoms with E-state index in [1.807, 2.05) is 0 Å². The van der Waals surface area contributed by atoms with E-state index in [4.69, 9.17) is 9.47 Å². The standard InChI is InChI=1S/C24H27F4NO4S/c1-23(2,25)14-19(29-3)21(30)33-20(22(31)32-15-17-7-5-4-6-8-17)13-16-9-11-18(12-10-16)34-24(26,27)28/h4-12,19-20,29H,13-15H2,1-3H3/t19-,20-/m0/s1. The Hall–Kier alpha value is -2.59. The van der Waals surface area contributed by atoms with E-state index in [0.717, 1.165) is 5.56 Å². The molecule has 0 saturated carbocycles. The van der Waals surface area contributed by atoms with Crippen LogP contribution in [0.25, 0.3) is 0 Å². The lowest BCUT2D eigenvalue weighted by Crippen LogP contribution is -2.43. The predicted octanol–water partition coefficient (Wildman–Crippen LogP) is 5.22. The maximum absolute atomic E-state index is 14.1. The predicted molar refractivity (Wildman–Crippen MR) is 121 cm³/mol. The molecule has 0 aliphatic rings. The van der Waals surface area contributed by atoms with Crippen LogP contribution >= 0.6 is 11.8 Å². The molecule has 0 aliphatic carbocycles. The van der Waals surface area contributed by atoms with Crippen molar-refractivity contribution in [2.24, 2.45) is 0 Å². The first-order chi connectivity index (χ1) is 15.9. The monoisotopic (exact) mass is 501 g/mol. The van der Waals surface area contributed by atoms with Crippen LogP contribution in [0.3, 0.4) is 0 Å². The van der Waals surface area contributed by atoms with Crippen LogP contribution in [0.4, 0.5) is 17.6 Å². The molecule has 2 aromatic carbocycles. The van der Waals surface area contributed by atoms with Crippen molar-refractivity contribution in [3.05, 3.63) is 65.7 Å². The number of rotatable bonds is 11. The molecular formula is C24H27F4NO4S. The van der Waals surface area contributed by atoms with Crippen molar-refractivity contribution in [1.82, 2.24) is 5.32 Å². The van der Waals surface area contributed by atoms with E-state index < -0.39 is 35.3 Å². The summed E-state index contributed by atoms with van der Waals surface area (Å²) in [6, 6.07) is 13.2. The summed E-state index contributed by atoms with van der Waals surface area (Å²) in [5.41, 5.74) is -4.90. The van der Waals surface area contributed by atoms with Gasteiger partial charge in [0.1, 0.15) is 18.3 Å². The number of hydrogen-bond acceptors (Lipinski definition) is 6. The molecule has 0 saturated heterocycles. The molecule has 0 heterocycles. The fourth-order valence-electron chi connectivity index (χ4n) is 3.05. The fourth-order valence-corrected chi connectivity index (χ4v) is 3.59. The molecule has 10 heteroatoms. The van der Waals surface area contributed by atoms with Gasteiger partial charge in [0.05, 0.1) is 0 Å². The number of benzene rings is 2. The van der Waals surface area contributed by atoms with Crippen molar-refractivity contribution in [3.63, 3.8) is 0 Å². The Balaban J connectivity index is 2.15. The highest BCUT2D eigenvalue weighted by Crippen LogP contribution is 2.36. The van der Waals surface area contributed by atoms with Crippen LogP contribution in [0, 0.1) is 0 Å². The van der Waals surface area contributed by atoms with Gasteiger partial charge in [0.25, 0.3) is 0 Å². The minimum Gasteiger partial charge on any atom is -0.458 e. The molecule has 2 rings (SSSR count). The van der Waals surface area contributed by atoms with E-state index in [0.29, 0.717) is 5.56 Å². The first-order valence-corrected chi connectivity index (χ1v) is 11.3. The summed E-state index contributed by atoms with van der Waals surface area (Å²) in [4.78, 5) is 25.4. The largest absolute Gasteiger partial charge is 0.458 e. The quantitative estimate of drug-likeness (QED) is 0.259. The molecule has 0 radical (unpaired) electrons. The molecule has 34 heavy (non-hydrogen) atoms. The summed E-state index contributed by atoms with van der Waals surface area (Å²) in [6.45, 7) is 2.58. The second-order valence-corrected chi connectivity index (χ2v) is 9.32. The van der Waals surface area contributed by atoms with Gasteiger partial charge in [-0.05, 0) is 55.9 Å². The number of likely N-dealkylation sites (N-methyl/N-ethyl adjacent to an activating group) is 1. The highest BCUT2D eigenvalue weighted by molar-refractivity contribution is 8.00. The van der Waals surface area contributed by atoms with Gasteiger partial charge in [0, 0.05) is 17.7 Å². The first kappa shape index (κ1) is 27.7. The van der Waals surface area contributed by atoms with Crippen LogP contribution in [-0.2, 0) is 32.1 Å². The topological polar surface area (TPSA) is 64.6 Å². The Labute approximate surface area is 200 Å². The minimum atomic E-state index is -4.42. The molecule has 0 bridgehead atoms. The summed E-state index contributed by atoms with van der Waals surface area (Å²) < 4.78 is 62.5. The summed E-state index contributed by atoms with van der Waals surface area (Å²) in [6.07, 6.45) is -1.67. The number of alkyl halides is 4. The molecule has 2 atom stereocenters. The second kappa shape index (κ2) is 12.2. The normalized spacial score (nSPS) is 13.7. The molecular weight excluding hydrogens is 474 g/mol. The zero-order valence-corrected chi connectivity index (χ0v) is 19.8. The zero-order chi connectivity index (χ0) is 25.4. The molecule has 2 aromatic rings. The summed E-state index contributed by atoms with van der Waals surface area (Å²) in [5, 5.41) is 2.68. The first-order valence-electron chi connectivity index (χ1n) is 10.5. The van der Waals surface area contributed by atoms with E-state index in [2.05, 4.69) is 5.32 Å². The maximum Gasteiger partial charge on any atom is 0.446 e. The zero-order valence-electron chi connectivity index (χ0n) is 19.0. The van der Waals surface area contributed by atoms with Crippen LogP contribution in [0.2, 0.25) is 0 Å². The third kappa shape index (κ3) is 10.1. The molecule has 0 spiro atoms. The van der Waals surface area contributed by atoms with E-state index in [9.17, 15) is 27.2 Å². The fraction of sp³-hybridized carbons (Fsp3) is 0.417. The van der Waals surface area contributed by atoms with Crippen molar-refractivity contribution in [2.45, 2.75) is 61.5 Å². The second-order valence-electron chi connectivity index (χ2n) is 8.18. The minimum absolute atomic E-state index is 0.0168. The van der Waals surface area contributed by atoms with Crippen molar-refractivity contribution in [1.29, 1.82) is 0 Å². The van der Waals surface area contributed by atoms with Gasteiger partial charge in [0.15, 0.2) is 0 Å². The molecule has 0 unspecified atom stereocenters. The van der Waals surface area contributed by atoms with Crippen molar-refractivity contribution in [2.75, 3.05) is 7.05 Å². The third-order valence-corrected chi connectivity index (χ3v) is 5.39. The van der Waals surface area contributed by atoms with Gasteiger partial charge in [0.2, 0.25) is 6.10 Å². The smallest absolute Gasteiger partial charge is 0.446 e. The summed E-state index contributed by atoms with van der Waals surface area (Å²) in [7, 11) is 1.47. The van der Waals surface area contributed by atoms with Gasteiger partial charge in [-0.1, -0.05) is 42.5 Å². The van der Waals surface area contributed by atoms with Crippen molar-refractivity contribution in [3.8, 4) is 0 Å². The van der Waals surface area contributed by atoms with Gasteiger partial charge in [-0.15, -0.1) is 0 Å². The molecule has 186 valence electrons. The summed E-state index contributed by atoms with van der Waals surface area (Å²) in [5.74, 6) is -1.65. The van der Waals surface area contributed by atoms with Crippen LogP contribution in [-0.4, -0.2) is 42.3 Å². The van der Waals surface area contributed by atoms with Gasteiger partial charge >= 0.3 is 17.4 Å². The Morgan fingerprint density at radius 2 is 1.56 bits per heavy atom. The van der Waals surface area contributed by atoms with Gasteiger partial charge in [-0.2, -0.15) is 13.2 Å². The number of carbonyl (C=O) groups is 2. The molecule has 0 aromatic heterocycles. The van der Waals surface area contributed by atoms with E-state index >= 15 is 0 Å². The van der Waals surface area contributed by atoms with E-state index in [1.54, 1.807) is 30.3 Å². The van der Waals surface area contributed by atoms with E-state index in [1.165, 1.54) is 45.2 Å². The summed E-state index contributed by atoms with van der Waals surface area (Å²) >= 11 is -0.258. The molecule has 5 nitrogen and oxygen atoms in total. The number of esters is 2. The number of hydrogen-bond donors (Lipinski definition) is 1. The Morgan fingerprint density at radius 3 is 2.09 bits per heavy atom. The van der Waals surface area contributed by atoms with Crippen LogP contribution < -0.4 is 5.32 Å². The Kier molecular flexibility index (Phi) is 9.93. The maximum atomic E-state index is 14.1. The molecule has 0 aliphatic heterocycles. The number of carbonyl (C=O) groups excluding carboxylic acids is 2. The lowest BCUT2D eigenvalue weighted by molar-refractivity contribution is -0.170. The molecule has 1 N–H and O–H groups in total. The molecule has 0 amide bonds. The lowest BCUT2D eigenvalue weighted by atomic mass is 10.0.